The van der Waals surface area contributed by atoms with Crippen LogP contribution < -0.4 is 11.1 Å². The number of thioether (sulfide) groups is 2. The highest BCUT2D eigenvalue weighted by Crippen LogP contribution is 2.41. The molecular formula is C22H27N9O5S2. The molecule has 2 aromatic heterocycles. The number of carbonyl (C=O) groups is 3. The zero-order valence-electron chi connectivity index (χ0n) is 20.5. The number of aromatic nitrogens is 5. The van der Waals surface area contributed by atoms with Crippen molar-refractivity contribution in [1.82, 2.24) is 35.4 Å². The molecule has 5 N–H and O–H groups in total. The van der Waals surface area contributed by atoms with E-state index in [4.69, 9.17) is 5.73 Å². The highest BCUT2D eigenvalue weighted by Gasteiger charge is 2.54. The number of aliphatic carboxylic acids is 1. The summed E-state index contributed by atoms with van der Waals surface area (Å²) >= 11 is 2.65. The first-order chi connectivity index (χ1) is 18.3. The number of rotatable bonds is 12. The number of amides is 2. The van der Waals surface area contributed by atoms with Crippen molar-refractivity contribution in [1.29, 1.82) is 0 Å². The number of carboxylic acid groups (broad SMARTS) is 1. The van der Waals surface area contributed by atoms with Gasteiger partial charge in [-0.2, -0.15) is 0 Å². The molecule has 0 saturated carbocycles. The number of nitrogens with zero attached hydrogens (tertiary/aromatic N) is 7. The van der Waals surface area contributed by atoms with E-state index < -0.39 is 34.9 Å². The van der Waals surface area contributed by atoms with Crippen molar-refractivity contribution in [2.45, 2.75) is 55.7 Å². The summed E-state index contributed by atoms with van der Waals surface area (Å²) in [6.45, 7) is 2.81. The van der Waals surface area contributed by atoms with Gasteiger partial charge in [0.05, 0.1) is 0 Å². The Bertz CT molecular complexity index is 1280. The van der Waals surface area contributed by atoms with E-state index in [9.17, 15) is 24.7 Å². The summed E-state index contributed by atoms with van der Waals surface area (Å²) in [6, 6.07) is 3.49. The monoisotopic (exact) mass is 561 g/mol. The lowest BCUT2D eigenvalue weighted by molar-refractivity contribution is -0.150. The van der Waals surface area contributed by atoms with Crippen LogP contribution in [0, 0.1) is 0 Å². The fourth-order valence-corrected chi connectivity index (χ4v) is 6.47. The second-order valence-electron chi connectivity index (χ2n) is 8.55. The second-order valence-corrected chi connectivity index (χ2v) is 10.6. The lowest BCUT2D eigenvalue weighted by Gasteiger charge is -2.49. The lowest BCUT2D eigenvalue weighted by atomic mass is 10.0. The number of hydrogen-bond donors (Lipinski definition) is 4. The van der Waals surface area contributed by atoms with Crippen LogP contribution in [-0.2, 0) is 20.9 Å². The Kier molecular flexibility index (Phi) is 8.83. The number of fused-ring (bicyclic) bond motifs is 1. The van der Waals surface area contributed by atoms with Gasteiger partial charge in [0.25, 0.3) is 11.8 Å². The molecule has 0 aliphatic carbocycles. The molecule has 0 radical (unpaired) electrons. The molecule has 2 atom stereocenters. The molecule has 1 saturated heterocycles. The van der Waals surface area contributed by atoms with E-state index in [1.54, 1.807) is 4.68 Å². The quantitative estimate of drug-likeness (QED) is 0.0714. The first-order valence-electron chi connectivity index (χ1n) is 11.9. The Labute approximate surface area is 226 Å². The van der Waals surface area contributed by atoms with Crippen LogP contribution in [0.5, 0.6) is 0 Å². The van der Waals surface area contributed by atoms with E-state index in [0.717, 1.165) is 25.7 Å². The van der Waals surface area contributed by atoms with Crippen molar-refractivity contribution in [3.63, 3.8) is 0 Å². The summed E-state index contributed by atoms with van der Waals surface area (Å²) in [7, 11) is 0. The van der Waals surface area contributed by atoms with Crippen LogP contribution in [-0.4, -0.2) is 86.8 Å². The molecule has 0 bridgehead atoms. The number of aryl methyl sites for hydroxylation is 1. The van der Waals surface area contributed by atoms with Crippen LogP contribution in [0.15, 0.2) is 39.8 Å². The Morgan fingerprint density at radius 3 is 2.84 bits per heavy atom. The van der Waals surface area contributed by atoms with Crippen molar-refractivity contribution in [2.75, 3.05) is 17.2 Å². The number of hydrogen-bond acceptors (Lipinski definition) is 12. The van der Waals surface area contributed by atoms with Crippen LogP contribution in [0.2, 0.25) is 0 Å². The molecule has 38 heavy (non-hydrogen) atoms. The van der Waals surface area contributed by atoms with Crippen LogP contribution in [0.1, 0.15) is 38.3 Å². The number of carboxylic acids is 1. The molecular weight excluding hydrogens is 534 g/mol. The minimum absolute atomic E-state index is 0.0306. The Balaban J connectivity index is 1.42. The van der Waals surface area contributed by atoms with Gasteiger partial charge in [-0.15, -0.1) is 16.9 Å². The average Bonchev–Trinajstić information content (AvgIpc) is 3.35. The summed E-state index contributed by atoms with van der Waals surface area (Å²) in [5.41, 5.74) is 5.71. The van der Waals surface area contributed by atoms with Crippen molar-refractivity contribution < 1.29 is 24.7 Å². The van der Waals surface area contributed by atoms with Crippen LogP contribution in [0.3, 0.4) is 0 Å². The summed E-state index contributed by atoms with van der Waals surface area (Å²) < 4.78 is 1.70. The van der Waals surface area contributed by atoms with E-state index in [0.29, 0.717) is 28.8 Å². The van der Waals surface area contributed by atoms with E-state index in [1.165, 1.54) is 46.6 Å². The molecule has 2 unspecified atom stereocenters. The third kappa shape index (κ3) is 5.75. The summed E-state index contributed by atoms with van der Waals surface area (Å²) in [5, 5.41) is 36.6. The zero-order valence-corrected chi connectivity index (χ0v) is 22.1. The van der Waals surface area contributed by atoms with Gasteiger partial charge in [-0.25, -0.2) is 14.5 Å². The molecule has 1 fully saturated rings. The molecule has 0 spiro atoms. The number of nitrogens with two attached hydrogens (primary N) is 1. The smallest absolute Gasteiger partial charge is 0.352 e. The third-order valence-corrected chi connectivity index (χ3v) is 8.35. The highest BCUT2D eigenvalue weighted by atomic mass is 32.2. The Morgan fingerprint density at radius 2 is 2.13 bits per heavy atom. The summed E-state index contributed by atoms with van der Waals surface area (Å²) in [4.78, 5) is 43.0. The van der Waals surface area contributed by atoms with Crippen molar-refractivity contribution in [3.05, 3.63) is 35.2 Å². The van der Waals surface area contributed by atoms with Gasteiger partial charge in [0.2, 0.25) is 5.16 Å². The Hall–Kier alpha value is -3.66. The number of nitrogens with one attached hydrogen (secondary N) is 1. The third-order valence-electron chi connectivity index (χ3n) is 5.96. The molecule has 4 rings (SSSR count). The van der Waals surface area contributed by atoms with Gasteiger partial charge < -0.3 is 21.4 Å². The van der Waals surface area contributed by atoms with E-state index in [1.807, 2.05) is 0 Å². The number of pyridine rings is 1. The van der Waals surface area contributed by atoms with Gasteiger partial charge in [0, 0.05) is 18.1 Å². The van der Waals surface area contributed by atoms with Gasteiger partial charge in [-0.1, -0.05) is 49.2 Å². The number of oxime groups is 1. The largest absolute Gasteiger partial charge is 0.477 e. The highest BCUT2D eigenvalue weighted by molar-refractivity contribution is 8.01. The maximum absolute atomic E-state index is 13.0. The predicted octanol–water partition coefficient (Wildman–Crippen LogP) is 0.940. The van der Waals surface area contributed by atoms with Crippen LogP contribution in [0.25, 0.3) is 0 Å². The summed E-state index contributed by atoms with van der Waals surface area (Å²) in [6.07, 6.45) is 4.27. The minimum atomic E-state index is -1.23. The molecule has 2 aliphatic rings. The van der Waals surface area contributed by atoms with Gasteiger partial charge in [0.15, 0.2) is 5.71 Å². The average molecular weight is 562 g/mol. The molecule has 2 aromatic rings. The van der Waals surface area contributed by atoms with Crippen molar-refractivity contribution >= 4 is 52.8 Å². The SMILES string of the molecule is CCCCCCn1nnnc1SCC1=C(C(=O)O)N2C(=O)C(NC(=O)/C(=N/O)c3cccc(N)n3)C2SC1. The molecule has 16 heteroatoms. The summed E-state index contributed by atoms with van der Waals surface area (Å²) in [5.74, 6) is -1.89. The topological polar surface area (TPSA) is 202 Å². The zero-order chi connectivity index (χ0) is 27.2. The maximum atomic E-state index is 13.0. The number of nitrogen functional groups attached to an aromatic ring is 1. The Morgan fingerprint density at radius 1 is 1.32 bits per heavy atom. The molecule has 4 heterocycles. The number of anilines is 1. The first-order valence-corrected chi connectivity index (χ1v) is 13.9. The number of unbranched alkanes of at least 4 members (excludes halogenated alkanes) is 3. The van der Waals surface area contributed by atoms with Gasteiger partial charge in [-0.05, 0) is 34.6 Å². The minimum Gasteiger partial charge on any atom is -0.477 e. The van der Waals surface area contributed by atoms with Gasteiger partial charge in [-0.3, -0.25) is 14.5 Å². The van der Waals surface area contributed by atoms with E-state index in [-0.39, 0.29) is 17.2 Å². The van der Waals surface area contributed by atoms with Gasteiger partial charge in [0.1, 0.15) is 28.6 Å². The normalized spacial score (nSPS) is 19.2. The first kappa shape index (κ1) is 27.4. The number of β-lactam (4-membered cyclic amide) rings is 1. The molecule has 202 valence electrons. The number of tetrazole rings is 1. The maximum Gasteiger partial charge on any atom is 0.352 e. The standard InChI is InChI=1S/C22H27N9O5S2/c1-2-3-4-5-9-30-22(26-28-29-30)38-11-12-10-37-20-16(19(33)31(20)17(12)21(34)35)25-18(32)15(27-36)13-7-6-8-14(23)24-13/h6-8,16,20,36H,2-5,9-11H2,1H3,(H2,23,24)(H,25,32)(H,34,35)/b27-15+. The fraction of sp³-hybridized carbons (Fsp3) is 0.455. The van der Waals surface area contributed by atoms with Crippen molar-refractivity contribution in [3.8, 4) is 0 Å². The molecule has 0 aromatic carbocycles. The fourth-order valence-electron chi connectivity index (χ4n) is 4.08. The lowest BCUT2D eigenvalue weighted by Crippen LogP contribution is -2.71. The molecule has 2 amide bonds. The predicted molar refractivity (Wildman–Crippen MR) is 139 cm³/mol. The second kappa shape index (κ2) is 12.3. The molecule has 14 nitrogen and oxygen atoms in total. The van der Waals surface area contributed by atoms with Crippen molar-refractivity contribution in [2.24, 2.45) is 5.16 Å². The van der Waals surface area contributed by atoms with E-state index in [2.05, 4.69) is 37.9 Å². The van der Waals surface area contributed by atoms with Gasteiger partial charge >= 0.3 is 5.97 Å². The molecule has 2 aliphatic heterocycles. The van der Waals surface area contributed by atoms with Crippen LogP contribution >= 0.6 is 23.5 Å². The number of carbonyl (C=O) groups excluding carboxylic acids is 2. The van der Waals surface area contributed by atoms with Crippen LogP contribution in [0.4, 0.5) is 5.82 Å². The van der Waals surface area contributed by atoms with E-state index >= 15 is 0 Å².